The second kappa shape index (κ2) is 5.58. The molecule has 19 heavy (non-hydrogen) atoms. The lowest BCUT2D eigenvalue weighted by molar-refractivity contribution is -0.904. The minimum atomic E-state index is 0.462. The van der Waals surface area contributed by atoms with Crippen LogP contribution in [-0.4, -0.2) is 25.6 Å². The minimum absolute atomic E-state index is 0.462. The lowest BCUT2D eigenvalue weighted by Gasteiger charge is -2.38. The fourth-order valence-electron chi connectivity index (χ4n) is 3.00. The highest BCUT2D eigenvalue weighted by Gasteiger charge is 2.32. The molecular weight excluding hydrogens is 230 g/mol. The van der Waals surface area contributed by atoms with Gasteiger partial charge in [-0.25, -0.2) is 0 Å². The summed E-state index contributed by atoms with van der Waals surface area (Å²) in [5.74, 6) is 0.489. The van der Waals surface area contributed by atoms with Crippen LogP contribution in [0.2, 0.25) is 0 Å². The van der Waals surface area contributed by atoms with Gasteiger partial charge >= 0.3 is 0 Å². The average molecular weight is 254 g/mol. The van der Waals surface area contributed by atoms with Crippen molar-refractivity contribution >= 4 is 0 Å². The summed E-state index contributed by atoms with van der Waals surface area (Å²) < 4.78 is 0.931. The number of hydrogen-bond donors (Lipinski definition) is 0. The van der Waals surface area contributed by atoms with Gasteiger partial charge in [0.25, 0.3) is 0 Å². The molecule has 0 radical (unpaired) electrons. The predicted molar refractivity (Wildman–Crippen MR) is 82.1 cm³/mol. The highest BCUT2D eigenvalue weighted by atomic mass is 15.3. The van der Waals surface area contributed by atoms with Crippen LogP contribution in [0.15, 0.2) is 60.7 Å². The SMILES string of the molecule is C[C@@H](c1ccccc1)[C@H](c1ccccc1)[N+](C)(C)C. The monoisotopic (exact) mass is 254 g/mol. The zero-order valence-electron chi connectivity index (χ0n) is 12.4. The third kappa shape index (κ3) is 3.24. The Hall–Kier alpha value is -1.60. The molecule has 0 aliphatic heterocycles. The second-order valence-electron chi connectivity index (χ2n) is 6.17. The predicted octanol–water partition coefficient (Wildman–Crippen LogP) is 4.24. The number of nitrogens with zero attached hydrogens (tertiary/aromatic N) is 1. The van der Waals surface area contributed by atoms with E-state index in [9.17, 15) is 0 Å². The van der Waals surface area contributed by atoms with Gasteiger partial charge in [0.1, 0.15) is 6.04 Å². The van der Waals surface area contributed by atoms with Crippen molar-refractivity contribution in [3.05, 3.63) is 71.8 Å². The average Bonchev–Trinajstić information content (AvgIpc) is 2.39. The zero-order valence-corrected chi connectivity index (χ0v) is 12.4. The lowest BCUT2D eigenvalue weighted by atomic mass is 9.87. The van der Waals surface area contributed by atoms with E-state index in [1.807, 2.05) is 0 Å². The van der Waals surface area contributed by atoms with Crippen LogP contribution in [0, 0.1) is 0 Å². The number of benzene rings is 2. The first-order valence-electron chi connectivity index (χ1n) is 6.91. The molecule has 0 unspecified atom stereocenters. The summed E-state index contributed by atoms with van der Waals surface area (Å²) in [4.78, 5) is 0. The first-order chi connectivity index (χ1) is 9.00. The maximum atomic E-state index is 2.33. The van der Waals surface area contributed by atoms with Crippen LogP contribution in [0.1, 0.15) is 30.0 Å². The van der Waals surface area contributed by atoms with Gasteiger partial charge in [-0.3, -0.25) is 0 Å². The molecule has 0 fully saturated rings. The molecule has 0 aliphatic carbocycles. The van der Waals surface area contributed by atoms with Gasteiger partial charge in [-0.2, -0.15) is 0 Å². The van der Waals surface area contributed by atoms with Crippen molar-refractivity contribution in [2.45, 2.75) is 18.9 Å². The molecule has 0 spiro atoms. The highest BCUT2D eigenvalue weighted by Crippen LogP contribution is 2.37. The molecule has 0 N–H and O–H groups in total. The minimum Gasteiger partial charge on any atom is -0.324 e. The normalized spacial score (nSPS) is 14.9. The van der Waals surface area contributed by atoms with Gasteiger partial charge in [-0.15, -0.1) is 0 Å². The molecule has 2 rings (SSSR count). The van der Waals surface area contributed by atoms with Gasteiger partial charge in [0, 0.05) is 11.5 Å². The summed E-state index contributed by atoms with van der Waals surface area (Å²) in [6.45, 7) is 2.33. The van der Waals surface area contributed by atoms with E-state index < -0.39 is 0 Å². The number of likely N-dealkylation sites (N-methyl/N-ethyl adjacent to an activating group) is 1. The van der Waals surface area contributed by atoms with E-state index in [-0.39, 0.29) is 0 Å². The Bertz CT molecular complexity index is 496. The van der Waals surface area contributed by atoms with E-state index in [4.69, 9.17) is 0 Å². The molecule has 0 amide bonds. The molecule has 100 valence electrons. The lowest BCUT2D eigenvalue weighted by Crippen LogP contribution is -2.41. The van der Waals surface area contributed by atoms with Crippen molar-refractivity contribution in [1.82, 2.24) is 0 Å². The molecule has 2 aromatic rings. The summed E-state index contributed by atoms with van der Waals surface area (Å²) in [5, 5.41) is 0. The summed E-state index contributed by atoms with van der Waals surface area (Å²) in [7, 11) is 6.82. The number of rotatable bonds is 4. The van der Waals surface area contributed by atoms with Crippen LogP contribution in [0.4, 0.5) is 0 Å². The Morgan fingerprint density at radius 1 is 0.684 bits per heavy atom. The summed E-state index contributed by atoms with van der Waals surface area (Å²) in [5.41, 5.74) is 2.82. The molecule has 0 aromatic heterocycles. The van der Waals surface area contributed by atoms with Crippen LogP contribution in [0.25, 0.3) is 0 Å². The van der Waals surface area contributed by atoms with Gasteiger partial charge in [0.15, 0.2) is 0 Å². The molecule has 0 saturated carbocycles. The van der Waals surface area contributed by atoms with Crippen molar-refractivity contribution in [2.75, 3.05) is 21.1 Å². The van der Waals surface area contributed by atoms with Crippen LogP contribution in [0.5, 0.6) is 0 Å². The van der Waals surface area contributed by atoms with E-state index in [0.717, 1.165) is 4.48 Å². The van der Waals surface area contributed by atoms with Crippen molar-refractivity contribution in [2.24, 2.45) is 0 Å². The Labute approximate surface area is 117 Å². The topological polar surface area (TPSA) is 0 Å². The van der Waals surface area contributed by atoms with Gasteiger partial charge in [0.05, 0.1) is 21.1 Å². The summed E-state index contributed by atoms with van der Waals surface area (Å²) in [6.07, 6.45) is 0. The smallest absolute Gasteiger partial charge is 0.121 e. The Morgan fingerprint density at radius 2 is 1.11 bits per heavy atom. The fourth-order valence-corrected chi connectivity index (χ4v) is 3.00. The maximum absolute atomic E-state index is 2.33. The molecule has 0 bridgehead atoms. The Balaban J connectivity index is 2.40. The molecule has 0 saturated heterocycles. The molecule has 2 atom stereocenters. The third-order valence-corrected chi connectivity index (χ3v) is 3.77. The van der Waals surface area contributed by atoms with Crippen molar-refractivity contribution in [3.63, 3.8) is 0 Å². The van der Waals surface area contributed by atoms with Gasteiger partial charge in [0.2, 0.25) is 0 Å². The van der Waals surface area contributed by atoms with E-state index in [1.165, 1.54) is 11.1 Å². The molecule has 0 aliphatic rings. The van der Waals surface area contributed by atoms with Crippen LogP contribution in [0.3, 0.4) is 0 Å². The first-order valence-corrected chi connectivity index (χ1v) is 6.91. The van der Waals surface area contributed by atoms with Crippen molar-refractivity contribution in [3.8, 4) is 0 Å². The van der Waals surface area contributed by atoms with Crippen molar-refractivity contribution in [1.29, 1.82) is 0 Å². The second-order valence-corrected chi connectivity index (χ2v) is 6.17. The van der Waals surface area contributed by atoms with Gasteiger partial charge in [-0.1, -0.05) is 67.6 Å². The highest BCUT2D eigenvalue weighted by molar-refractivity contribution is 5.26. The van der Waals surface area contributed by atoms with Gasteiger partial charge < -0.3 is 4.48 Å². The first kappa shape index (κ1) is 13.8. The van der Waals surface area contributed by atoms with Gasteiger partial charge in [-0.05, 0) is 5.56 Å². The standard InChI is InChI=1S/C18H24N/c1-15(16-11-7-5-8-12-16)18(19(2,3)4)17-13-9-6-10-14-17/h5-15,18H,1-4H3/q+1/t15-,18+/m0/s1. The molecule has 0 heterocycles. The van der Waals surface area contributed by atoms with E-state index in [2.05, 4.69) is 88.7 Å². The summed E-state index contributed by atoms with van der Waals surface area (Å²) in [6, 6.07) is 22.1. The van der Waals surface area contributed by atoms with Crippen LogP contribution in [-0.2, 0) is 0 Å². The molecule has 1 heteroatoms. The molecule has 2 aromatic carbocycles. The maximum Gasteiger partial charge on any atom is 0.121 e. The van der Waals surface area contributed by atoms with Crippen LogP contribution < -0.4 is 0 Å². The quantitative estimate of drug-likeness (QED) is 0.716. The number of hydrogen-bond acceptors (Lipinski definition) is 0. The summed E-state index contributed by atoms with van der Waals surface area (Å²) >= 11 is 0. The zero-order chi connectivity index (χ0) is 13.9. The largest absolute Gasteiger partial charge is 0.324 e. The van der Waals surface area contributed by atoms with E-state index in [1.54, 1.807) is 0 Å². The van der Waals surface area contributed by atoms with E-state index >= 15 is 0 Å². The third-order valence-electron chi connectivity index (χ3n) is 3.77. The van der Waals surface area contributed by atoms with Crippen molar-refractivity contribution < 1.29 is 4.48 Å². The van der Waals surface area contributed by atoms with E-state index in [0.29, 0.717) is 12.0 Å². The van der Waals surface area contributed by atoms with Crippen LogP contribution >= 0.6 is 0 Å². The molecule has 1 nitrogen and oxygen atoms in total. The fraction of sp³-hybridized carbons (Fsp3) is 0.333. The Morgan fingerprint density at radius 3 is 1.53 bits per heavy atom. The number of quaternary nitrogens is 1. The molecular formula is C18H24N+. The Kier molecular flexibility index (Phi) is 4.06.